The molecule has 1 saturated carbocycles. The lowest BCUT2D eigenvalue weighted by molar-refractivity contribution is -0.134. The Morgan fingerprint density at radius 1 is 1.35 bits per heavy atom. The molecule has 104 valence electrons. The van der Waals surface area contributed by atoms with Crippen molar-refractivity contribution in [1.82, 2.24) is 19.5 Å². The Kier molecular flexibility index (Phi) is 2.55. The summed E-state index contributed by atoms with van der Waals surface area (Å²) in [5.74, 6) is 2.01. The normalized spacial score (nSPS) is 29.1. The third-order valence-corrected chi connectivity index (χ3v) is 4.60. The number of likely N-dealkylation sites (tertiary alicyclic amines) is 1. The SMILES string of the molecule is C[C@@H]1C[C@@H]1C(=O)N1CCC[C@H]1c1nnc2ccccn12. The van der Waals surface area contributed by atoms with Crippen LogP contribution in [0.4, 0.5) is 0 Å². The second-order valence-electron chi connectivity index (χ2n) is 6.00. The van der Waals surface area contributed by atoms with Gasteiger partial charge in [-0.1, -0.05) is 13.0 Å². The molecule has 2 fully saturated rings. The van der Waals surface area contributed by atoms with Crippen molar-refractivity contribution in [3.05, 3.63) is 30.2 Å². The van der Waals surface area contributed by atoms with Crippen LogP contribution >= 0.6 is 0 Å². The fraction of sp³-hybridized carbons (Fsp3) is 0.533. The van der Waals surface area contributed by atoms with E-state index in [2.05, 4.69) is 17.1 Å². The lowest BCUT2D eigenvalue weighted by atomic mass is 10.2. The number of amides is 1. The van der Waals surface area contributed by atoms with Crippen molar-refractivity contribution in [3.8, 4) is 0 Å². The molecule has 1 aliphatic carbocycles. The molecule has 0 bridgehead atoms. The number of rotatable bonds is 2. The van der Waals surface area contributed by atoms with Gasteiger partial charge in [-0.3, -0.25) is 9.20 Å². The number of aromatic nitrogens is 3. The van der Waals surface area contributed by atoms with Gasteiger partial charge in [-0.15, -0.1) is 10.2 Å². The fourth-order valence-corrected chi connectivity index (χ4v) is 3.27. The fourth-order valence-electron chi connectivity index (χ4n) is 3.27. The van der Waals surface area contributed by atoms with Crippen molar-refractivity contribution < 1.29 is 4.79 Å². The van der Waals surface area contributed by atoms with Crippen molar-refractivity contribution in [2.45, 2.75) is 32.2 Å². The Hall–Kier alpha value is -1.91. The maximum Gasteiger partial charge on any atom is 0.226 e. The summed E-state index contributed by atoms with van der Waals surface area (Å²) in [4.78, 5) is 14.6. The molecule has 1 amide bonds. The van der Waals surface area contributed by atoms with Crippen LogP contribution in [-0.4, -0.2) is 31.9 Å². The number of fused-ring (bicyclic) bond motifs is 1. The average Bonchev–Trinajstić information content (AvgIpc) is 2.91. The molecule has 0 unspecified atom stereocenters. The van der Waals surface area contributed by atoms with Crippen LogP contribution in [0, 0.1) is 11.8 Å². The van der Waals surface area contributed by atoms with E-state index in [0.717, 1.165) is 37.3 Å². The van der Waals surface area contributed by atoms with Crippen molar-refractivity contribution >= 4 is 11.6 Å². The summed E-state index contributed by atoms with van der Waals surface area (Å²) in [6, 6.07) is 5.97. The number of hydrogen-bond acceptors (Lipinski definition) is 3. The van der Waals surface area contributed by atoms with Gasteiger partial charge in [0, 0.05) is 18.7 Å². The van der Waals surface area contributed by atoms with Gasteiger partial charge in [-0.2, -0.15) is 0 Å². The Bertz CT molecular complexity index is 665. The Morgan fingerprint density at radius 2 is 2.20 bits per heavy atom. The summed E-state index contributed by atoms with van der Waals surface area (Å²) < 4.78 is 2.01. The summed E-state index contributed by atoms with van der Waals surface area (Å²) >= 11 is 0. The highest BCUT2D eigenvalue weighted by Crippen LogP contribution is 2.42. The van der Waals surface area contributed by atoms with Gasteiger partial charge in [0.15, 0.2) is 11.5 Å². The van der Waals surface area contributed by atoms with Crippen LogP contribution in [0.2, 0.25) is 0 Å². The minimum Gasteiger partial charge on any atom is -0.332 e. The van der Waals surface area contributed by atoms with Gasteiger partial charge in [0.1, 0.15) is 0 Å². The zero-order valence-corrected chi connectivity index (χ0v) is 11.6. The highest BCUT2D eigenvalue weighted by Gasteiger charge is 2.45. The van der Waals surface area contributed by atoms with Gasteiger partial charge in [0.2, 0.25) is 5.91 Å². The predicted molar refractivity (Wildman–Crippen MR) is 73.9 cm³/mol. The van der Waals surface area contributed by atoms with Crippen LogP contribution in [-0.2, 0) is 4.79 Å². The molecule has 2 aliphatic rings. The maximum absolute atomic E-state index is 12.5. The Labute approximate surface area is 117 Å². The lowest BCUT2D eigenvalue weighted by Crippen LogP contribution is -2.33. The van der Waals surface area contributed by atoms with Crippen molar-refractivity contribution in [2.24, 2.45) is 11.8 Å². The molecule has 0 radical (unpaired) electrons. The van der Waals surface area contributed by atoms with Gasteiger partial charge < -0.3 is 4.90 Å². The third-order valence-electron chi connectivity index (χ3n) is 4.60. The molecular formula is C15H18N4O. The predicted octanol–water partition coefficient (Wildman–Crippen LogP) is 2.05. The summed E-state index contributed by atoms with van der Waals surface area (Å²) in [7, 11) is 0. The average molecular weight is 270 g/mol. The molecule has 0 spiro atoms. The first-order valence-electron chi connectivity index (χ1n) is 7.36. The van der Waals surface area contributed by atoms with E-state index < -0.39 is 0 Å². The van der Waals surface area contributed by atoms with Gasteiger partial charge in [-0.25, -0.2) is 0 Å². The van der Waals surface area contributed by atoms with E-state index in [1.807, 2.05) is 33.7 Å². The smallest absolute Gasteiger partial charge is 0.226 e. The van der Waals surface area contributed by atoms with E-state index in [9.17, 15) is 4.79 Å². The molecule has 2 aromatic rings. The van der Waals surface area contributed by atoms with E-state index in [1.54, 1.807) is 0 Å². The number of hydrogen-bond donors (Lipinski definition) is 0. The second kappa shape index (κ2) is 4.30. The standard InChI is InChI=1S/C15H18N4O/c1-10-9-11(10)15(20)18-8-4-5-12(18)14-17-16-13-6-2-3-7-19(13)14/h2-3,6-7,10-12H,4-5,8-9H2,1H3/t10-,11+,12+/m1/s1. The summed E-state index contributed by atoms with van der Waals surface area (Å²) in [6.45, 7) is 3.01. The van der Waals surface area contributed by atoms with Crippen LogP contribution in [0.5, 0.6) is 0 Å². The lowest BCUT2D eigenvalue weighted by Gasteiger charge is -2.23. The number of pyridine rings is 1. The molecular weight excluding hydrogens is 252 g/mol. The van der Waals surface area contributed by atoms with Crippen LogP contribution in [0.1, 0.15) is 38.1 Å². The number of carbonyl (C=O) groups is 1. The molecule has 2 aromatic heterocycles. The first kappa shape index (κ1) is 11.9. The minimum atomic E-state index is 0.0905. The van der Waals surface area contributed by atoms with E-state index in [4.69, 9.17) is 0 Å². The first-order chi connectivity index (χ1) is 9.75. The van der Waals surface area contributed by atoms with E-state index in [0.29, 0.717) is 11.8 Å². The van der Waals surface area contributed by atoms with Crippen molar-refractivity contribution in [3.63, 3.8) is 0 Å². The molecule has 5 nitrogen and oxygen atoms in total. The van der Waals surface area contributed by atoms with E-state index >= 15 is 0 Å². The molecule has 20 heavy (non-hydrogen) atoms. The molecule has 0 N–H and O–H groups in total. The van der Waals surface area contributed by atoms with E-state index in [-0.39, 0.29) is 12.0 Å². The van der Waals surface area contributed by atoms with Gasteiger partial charge >= 0.3 is 0 Å². The molecule has 3 atom stereocenters. The summed E-state index contributed by atoms with van der Waals surface area (Å²) in [5.41, 5.74) is 0.849. The molecule has 1 aliphatic heterocycles. The summed E-state index contributed by atoms with van der Waals surface area (Å²) in [6.07, 6.45) is 5.07. The molecule has 4 rings (SSSR count). The van der Waals surface area contributed by atoms with E-state index in [1.165, 1.54) is 0 Å². The minimum absolute atomic E-state index is 0.0905. The molecule has 5 heteroatoms. The van der Waals surface area contributed by atoms with Crippen LogP contribution in [0.3, 0.4) is 0 Å². The Morgan fingerprint density at radius 3 is 3.00 bits per heavy atom. The van der Waals surface area contributed by atoms with Crippen LogP contribution < -0.4 is 0 Å². The molecule has 1 saturated heterocycles. The van der Waals surface area contributed by atoms with Crippen LogP contribution in [0.25, 0.3) is 5.65 Å². The Balaban J connectivity index is 1.68. The highest BCUT2D eigenvalue weighted by molar-refractivity contribution is 5.82. The van der Waals surface area contributed by atoms with Gasteiger partial charge in [-0.05, 0) is 37.3 Å². The summed E-state index contributed by atoms with van der Waals surface area (Å²) in [5, 5.41) is 8.54. The first-order valence-corrected chi connectivity index (χ1v) is 7.36. The molecule has 3 heterocycles. The monoisotopic (exact) mass is 270 g/mol. The second-order valence-corrected chi connectivity index (χ2v) is 6.00. The topological polar surface area (TPSA) is 50.5 Å². The number of nitrogens with zero attached hydrogens (tertiary/aromatic N) is 4. The largest absolute Gasteiger partial charge is 0.332 e. The van der Waals surface area contributed by atoms with Gasteiger partial charge in [0.25, 0.3) is 0 Å². The van der Waals surface area contributed by atoms with Crippen LogP contribution in [0.15, 0.2) is 24.4 Å². The van der Waals surface area contributed by atoms with Gasteiger partial charge in [0.05, 0.1) is 6.04 Å². The maximum atomic E-state index is 12.5. The van der Waals surface area contributed by atoms with Crippen molar-refractivity contribution in [2.75, 3.05) is 6.54 Å². The molecule has 0 aromatic carbocycles. The number of carbonyl (C=O) groups excluding carboxylic acids is 1. The quantitative estimate of drug-likeness (QED) is 0.839. The highest BCUT2D eigenvalue weighted by atomic mass is 16.2. The zero-order chi connectivity index (χ0) is 13.7. The van der Waals surface area contributed by atoms with Crippen molar-refractivity contribution in [1.29, 1.82) is 0 Å². The third kappa shape index (κ3) is 1.72. The zero-order valence-electron chi connectivity index (χ0n) is 11.6.